The van der Waals surface area contributed by atoms with E-state index in [-0.39, 0.29) is 5.91 Å². The molecule has 88 valence electrons. The molecule has 0 saturated carbocycles. The van der Waals surface area contributed by atoms with Crippen molar-refractivity contribution in [2.45, 2.75) is 19.8 Å². The summed E-state index contributed by atoms with van der Waals surface area (Å²) in [5.41, 5.74) is 0. The zero-order valence-electron chi connectivity index (χ0n) is 9.96. The van der Waals surface area contributed by atoms with E-state index in [4.69, 9.17) is 0 Å². The Balaban J connectivity index is 2.23. The molecule has 1 amide bonds. The Kier molecular flexibility index (Phi) is 5.65. The third kappa shape index (κ3) is 4.62. The highest BCUT2D eigenvalue weighted by molar-refractivity contribution is 5.73. The molecule has 0 aromatic rings. The number of carbonyl (C=O) groups is 1. The van der Waals surface area contributed by atoms with Gasteiger partial charge in [0.25, 0.3) is 0 Å². The number of hydrogen-bond donors (Lipinski definition) is 1. The van der Waals surface area contributed by atoms with Gasteiger partial charge in [-0.3, -0.25) is 4.79 Å². The van der Waals surface area contributed by atoms with Crippen LogP contribution >= 0.6 is 0 Å². The van der Waals surface area contributed by atoms with Crippen LogP contribution in [0.3, 0.4) is 0 Å². The lowest BCUT2D eigenvalue weighted by Gasteiger charge is -2.20. The molecular weight excluding hydrogens is 190 g/mol. The zero-order chi connectivity index (χ0) is 11.1. The van der Waals surface area contributed by atoms with Crippen LogP contribution in [0.4, 0.5) is 0 Å². The summed E-state index contributed by atoms with van der Waals surface area (Å²) in [7, 11) is 1.99. The van der Waals surface area contributed by atoms with Crippen LogP contribution in [0, 0.1) is 0 Å². The molecule has 0 unspecified atom stereocenters. The van der Waals surface area contributed by atoms with Crippen molar-refractivity contribution in [1.82, 2.24) is 15.1 Å². The van der Waals surface area contributed by atoms with Gasteiger partial charge in [0.1, 0.15) is 0 Å². The maximum Gasteiger partial charge on any atom is 0.219 e. The Morgan fingerprint density at radius 2 is 2.07 bits per heavy atom. The summed E-state index contributed by atoms with van der Waals surface area (Å²) in [6, 6.07) is 0. The number of amides is 1. The van der Waals surface area contributed by atoms with E-state index in [0.29, 0.717) is 0 Å². The second kappa shape index (κ2) is 6.80. The average Bonchev–Trinajstić information content (AvgIpc) is 2.44. The van der Waals surface area contributed by atoms with Crippen molar-refractivity contribution in [2.24, 2.45) is 0 Å². The summed E-state index contributed by atoms with van der Waals surface area (Å²) in [5.74, 6) is 0.215. The van der Waals surface area contributed by atoms with E-state index in [1.807, 2.05) is 11.9 Å². The van der Waals surface area contributed by atoms with Crippen LogP contribution in [-0.2, 0) is 4.79 Å². The molecule has 0 aliphatic carbocycles. The number of nitrogens with zero attached hydrogens (tertiary/aromatic N) is 2. The number of rotatable bonds is 4. The molecule has 15 heavy (non-hydrogen) atoms. The fourth-order valence-electron chi connectivity index (χ4n) is 1.99. The average molecular weight is 213 g/mol. The van der Waals surface area contributed by atoms with Gasteiger partial charge in [-0.2, -0.15) is 0 Å². The van der Waals surface area contributed by atoms with E-state index >= 15 is 0 Å². The standard InChI is InChI=1S/C11H23N3O/c1-11(15)14-8-4-7-13(9-10-14)6-3-5-12-2/h12H,3-10H2,1-2H3. The monoisotopic (exact) mass is 213 g/mol. The van der Waals surface area contributed by atoms with Crippen LogP contribution in [0.1, 0.15) is 19.8 Å². The normalized spacial score (nSPS) is 18.9. The summed E-state index contributed by atoms with van der Waals surface area (Å²) in [6.07, 6.45) is 2.30. The van der Waals surface area contributed by atoms with E-state index in [9.17, 15) is 4.79 Å². The molecule has 4 nitrogen and oxygen atoms in total. The Morgan fingerprint density at radius 1 is 1.27 bits per heavy atom. The lowest BCUT2D eigenvalue weighted by Crippen LogP contribution is -2.34. The van der Waals surface area contributed by atoms with E-state index < -0.39 is 0 Å². The Hall–Kier alpha value is -0.610. The fourth-order valence-corrected chi connectivity index (χ4v) is 1.99. The molecule has 1 heterocycles. The second-order valence-electron chi connectivity index (χ2n) is 4.16. The Labute approximate surface area is 92.6 Å². The molecule has 0 spiro atoms. The number of nitrogens with one attached hydrogen (secondary N) is 1. The minimum absolute atomic E-state index is 0.215. The molecule has 1 rings (SSSR count). The molecule has 4 heteroatoms. The number of carbonyl (C=O) groups excluding carboxylic acids is 1. The van der Waals surface area contributed by atoms with Crippen molar-refractivity contribution in [1.29, 1.82) is 0 Å². The lowest BCUT2D eigenvalue weighted by molar-refractivity contribution is -0.128. The summed E-state index contributed by atoms with van der Waals surface area (Å²) >= 11 is 0. The molecule has 1 fully saturated rings. The van der Waals surface area contributed by atoms with Gasteiger partial charge in [-0.05, 0) is 39.5 Å². The summed E-state index contributed by atoms with van der Waals surface area (Å²) in [6.45, 7) is 7.87. The van der Waals surface area contributed by atoms with E-state index in [2.05, 4.69) is 10.2 Å². The molecule has 1 aliphatic heterocycles. The van der Waals surface area contributed by atoms with Gasteiger partial charge in [-0.15, -0.1) is 0 Å². The summed E-state index contributed by atoms with van der Waals surface area (Å²) in [4.78, 5) is 15.6. The molecule has 1 N–H and O–H groups in total. The summed E-state index contributed by atoms with van der Waals surface area (Å²) in [5, 5.41) is 3.16. The molecule has 0 radical (unpaired) electrons. The molecule has 0 aromatic heterocycles. The van der Waals surface area contributed by atoms with Gasteiger partial charge in [-0.25, -0.2) is 0 Å². The molecule has 1 saturated heterocycles. The first-order valence-electron chi connectivity index (χ1n) is 5.86. The molecule has 1 aliphatic rings. The second-order valence-corrected chi connectivity index (χ2v) is 4.16. The topological polar surface area (TPSA) is 35.6 Å². The first-order chi connectivity index (χ1) is 7.24. The first-order valence-corrected chi connectivity index (χ1v) is 5.86. The number of hydrogen-bond acceptors (Lipinski definition) is 3. The van der Waals surface area contributed by atoms with Crippen LogP contribution < -0.4 is 5.32 Å². The molecule has 0 atom stereocenters. The first kappa shape index (κ1) is 12.5. The van der Waals surface area contributed by atoms with Gasteiger partial charge in [-0.1, -0.05) is 0 Å². The predicted molar refractivity (Wildman–Crippen MR) is 61.9 cm³/mol. The molecule has 0 aromatic carbocycles. The maximum absolute atomic E-state index is 11.2. The minimum atomic E-state index is 0.215. The molecular formula is C11H23N3O. The third-order valence-corrected chi connectivity index (χ3v) is 2.93. The van der Waals surface area contributed by atoms with Gasteiger partial charge in [0.2, 0.25) is 5.91 Å². The maximum atomic E-state index is 11.2. The van der Waals surface area contributed by atoms with Crippen molar-refractivity contribution in [3.8, 4) is 0 Å². The Morgan fingerprint density at radius 3 is 2.73 bits per heavy atom. The Bertz CT molecular complexity index is 196. The highest BCUT2D eigenvalue weighted by Gasteiger charge is 2.15. The van der Waals surface area contributed by atoms with Crippen LogP contribution in [0.15, 0.2) is 0 Å². The van der Waals surface area contributed by atoms with Crippen molar-refractivity contribution in [2.75, 3.05) is 46.3 Å². The quantitative estimate of drug-likeness (QED) is 0.675. The summed E-state index contributed by atoms with van der Waals surface area (Å²) < 4.78 is 0. The zero-order valence-corrected chi connectivity index (χ0v) is 9.96. The van der Waals surface area contributed by atoms with Crippen molar-refractivity contribution in [3.63, 3.8) is 0 Å². The van der Waals surface area contributed by atoms with Crippen LogP contribution in [-0.4, -0.2) is 62.0 Å². The van der Waals surface area contributed by atoms with E-state index in [0.717, 1.165) is 45.7 Å². The highest BCUT2D eigenvalue weighted by atomic mass is 16.2. The van der Waals surface area contributed by atoms with Gasteiger partial charge >= 0.3 is 0 Å². The third-order valence-electron chi connectivity index (χ3n) is 2.93. The largest absolute Gasteiger partial charge is 0.342 e. The SMILES string of the molecule is CNCCCN1CCCN(C(C)=O)CC1. The smallest absolute Gasteiger partial charge is 0.219 e. The van der Waals surface area contributed by atoms with E-state index in [1.54, 1.807) is 6.92 Å². The minimum Gasteiger partial charge on any atom is -0.342 e. The lowest BCUT2D eigenvalue weighted by atomic mass is 10.3. The van der Waals surface area contributed by atoms with Gasteiger partial charge < -0.3 is 15.1 Å². The van der Waals surface area contributed by atoms with Crippen LogP contribution in [0.2, 0.25) is 0 Å². The van der Waals surface area contributed by atoms with Gasteiger partial charge in [0.05, 0.1) is 0 Å². The van der Waals surface area contributed by atoms with E-state index in [1.165, 1.54) is 6.42 Å². The van der Waals surface area contributed by atoms with Crippen molar-refractivity contribution >= 4 is 5.91 Å². The van der Waals surface area contributed by atoms with Gasteiger partial charge in [0, 0.05) is 26.6 Å². The predicted octanol–water partition coefficient (Wildman–Crippen LogP) is 0.150. The van der Waals surface area contributed by atoms with Crippen molar-refractivity contribution in [3.05, 3.63) is 0 Å². The molecule has 0 bridgehead atoms. The van der Waals surface area contributed by atoms with Crippen molar-refractivity contribution < 1.29 is 4.79 Å². The fraction of sp³-hybridized carbons (Fsp3) is 0.909. The van der Waals surface area contributed by atoms with Crippen LogP contribution in [0.5, 0.6) is 0 Å². The van der Waals surface area contributed by atoms with Gasteiger partial charge in [0.15, 0.2) is 0 Å². The van der Waals surface area contributed by atoms with Crippen LogP contribution in [0.25, 0.3) is 0 Å². The highest BCUT2D eigenvalue weighted by Crippen LogP contribution is 2.03.